The summed E-state index contributed by atoms with van der Waals surface area (Å²) in [6, 6.07) is 18.6. The molecule has 0 spiro atoms. The Bertz CT molecular complexity index is 1250. The van der Waals surface area contributed by atoms with E-state index in [4.69, 9.17) is 21.1 Å². The van der Waals surface area contributed by atoms with Gasteiger partial charge in [-0.3, -0.25) is 4.79 Å². The Hall–Kier alpha value is -2.54. The molecule has 168 valence electrons. The fourth-order valence-electron chi connectivity index (χ4n) is 2.90. The van der Waals surface area contributed by atoms with E-state index in [0.29, 0.717) is 38.9 Å². The summed E-state index contributed by atoms with van der Waals surface area (Å²) in [4.78, 5) is 12.7. The van der Waals surface area contributed by atoms with E-state index in [1.807, 2.05) is 37.3 Å². The average molecular weight is 638 g/mol. The number of anilines is 1. The highest BCUT2D eigenvalue weighted by atomic mass is 127. The van der Waals surface area contributed by atoms with Crippen LogP contribution < -0.4 is 14.8 Å². The zero-order chi connectivity index (χ0) is 24.0. The Labute approximate surface area is 219 Å². The van der Waals surface area contributed by atoms with Crippen LogP contribution in [0.1, 0.15) is 16.7 Å². The van der Waals surface area contributed by atoms with Gasteiger partial charge in [-0.25, -0.2) is 0 Å². The van der Waals surface area contributed by atoms with E-state index in [9.17, 15) is 10.1 Å². The number of halogens is 3. The Morgan fingerprint density at radius 2 is 1.91 bits per heavy atom. The molecular weight excluding hydrogens is 619 g/mol. The number of hydrogen-bond acceptors (Lipinski definition) is 4. The van der Waals surface area contributed by atoms with Crippen LogP contribution in [0.2, 0.25) is 5.02 Å². The van der Waals surface area contributed by atoms with Crippen LogP contribution in [-0.4, -0.2) is 13.0 Å². The van der Waals surface area contributed by atoms with E-state index in [2.05, 4.69) is 43.8 Å². The third-order valence-corrected chi connectivity index (χ3v) is 6.34. The third kappa shape index (κ3) is 6.73. The summed E-state index contributed by atoms with van der Waals surface area (Å²) >= 11 is 11.8. The Morgan fingerprint density at radius 1 is 1.18 bits per heavy atom. The van der Waals surface area contributed by atoms with Crippen molar-refractivity contribution in [3.05, 3.63) is 89.9 Å². The van der Waals surface area contributed by atoms with Crippen LogP contribution in [-0.2, 0) is 11.4 Å². The minimum atomic E-state index is -0.534. The van der Waals surface area contributed by atoms with Gasteiger partial charge in [0.25, 0.3) is 5.91 Å². The lowest BCUT2D eigenvalue weighted by Crippen LogP contribution is -2.14. The van der Waals surface area contributed by atoms with Gasteiger partial charge in [0.05, 0.1) is 7.11 Å². The largest absolute Gasteiger partial charge is 0.493 e. The minimum Gasteiger partial charge on any atom is -0.493 e. The van der Waals surface area contributed by atoms with Gasteiger partial charge in [-0.15, -0.1) is 0 Å². The van der Waals surface area contributed by atoms with E-state index in [-0.39, 0.29) is 5.57 Å². The lowest BCUT2D eigenvalue weighted by molar-refractivity contribution is -0.112. The number of benzene rings is 3. The summed E-state index contributed by atoms with van der Waals surface area (Å²) in [6.07, 6.45) is 1.49. The molecule has 1 N–H and O–H groups in total. The summed E-state index contributed by atoms with van der Waals surface area (Å²) in [7, 11) is 1.54. The van der Waals surface area contributed by atoms with E-state index in [1.54, 1.807) is 30.3 Å². The Kier molecular flexibility index (Phi) is 8.78. The summed E-state index contributed by atoms with van der Waals surface area (Å²) in [5.74, 6) is 0.490. The molecule has 0 aliphatic heterocycles. The van der Waals surface area contributed by atoms with Crippen molar-refractivity contribution in [3.63, 3.8) is 0 Å². The van der Waals surface area contributed by atoms with Gasteiger partial charge < -0.3 is 14.8 Å². The zero-order valence-electron chi connectivity index (χ0n) is 17.8. The first-order valence-corrected chi connectivity index (χ1v) is 12.0. The first kappa shape index (κ1) is 25.1. The van der Waals surface area contributed by atoms with Gasteiger partial charge in [0.2, 0.25) is 0 Å². The molecule has 5 nitrogen and oxygen atoms in total. The molecule has 1 amide bonds. The summed E-state index contributed by atoms with van der Waals surface area (Å²) in [5.41, 5.74) is 2.94. The van der Waals surface area contributed by atoms with Crippen LogP contribution in [0.5, 0.6) is 11.5 Å². The Balaban J connectivity index is 1.83. The zero-order valence-corrected chi connectivity index (χ0v) is 22.3. The van der Waals surface area contributed by atoms with E-state index in [0.717, 1.165) is 14.7 Å². The van der Waals surface area contributed by atoms with Crippen LogP contribution in [0.25, 0.3) is 6.08 Å². The van der Waals surface area contributed by atoms with Crippen LogP contribution >= 0.6 is 50.1 Å². The summed E-state index contributed by atoms with van der Waals surface area (Å²) in [6.45, 7) is 2.22. The Morgan fingerprint density at radius 3 is 2.58 bits per heavy atom. The van der Waals surface area contributed by atoms with Crippen LogP contribution in [0.3, 0.4) is 0 Å². The molecule has 0 aliphatic rings. The molecule has 0 aromatic heterocycles. The van der Waals surface area contributed by atoms with Gasteiger partial charge in [-0.05, 0) is 88.7 Å². The van der Waals surface area contributed by atoms with Crippen molar-refractivity contribution in [3.8, 4) is 17.6 Å². The van der Waals surface area contributed by atoms with Crippen LogP contribution in [0.15, 0.2) is 64.6 Å². The van der Waals surface area contributed by atoms with Crippen LogP contribution in [0.4, 0.5) is 5.69 Å². The van der Waals surface area contributed by atoms with Crippen molar-refractivity contribution >= 4 is 67.8 Å². The number of nitrogens with one attached hydrogen (secondary N) is 1. The van der Waals surface area contributed by atoms with Gasteiger partial charge in [-0.1, -0.05) is 45.7 Å². The van der Waals surface area contributed by atoms with Gasteiger partial charge in [0.15, 0.2) is 11.5 Å². The minimum absolute atomic E-state index is 0.0651. The molecule has 3 aromatic rings. The van der Waals surface area contributed by atoms with Crippen molar-refractivity contribution < 1.29 is 14.3 Å². The number of amides is 1. The number of hydrogen-bond donors (Lipinski definition) is 1. The average Bonchev–Trinajstić information content (AvgIpc) is 2.80. The second kappa shape index (κ2) is 11.5. The number of rotatable bonds is 7. The highest BCUT2D eigenvalue weighted by Gasteiger charge is 2.15. The monoisotopic (exact) mass is 636 g/mol. The molecule has 0 bridgehead atoms. The van der Waals surface area contributed by atoms with Crippen molar-refractivity contribution in [1.29, 1.82) is 5.26 Å². The van der Waals surface area contributed by atoms with Crippen molar-refractivity contribution in [2.75, 3.05) is 12.4 Å². The summed E-state index contributed by atoms with van der Waals surface area (Å²) < 4.78 is 13.2. The van der Waals surface area contributed by atoms with Crippen molar-refractivity contribution in [1.82, 2.24) is 0 Å². The van der Waals surface area contributed by atoms with Crippen LogP contribution in [0, 0.1) is 21.8 Å². The smallest absolute Gasteiger partial charge is 0.266 e. The van der Waals surface area contributed by atoms with E-state index < -0.39 is 5.91 Å². The molecule has 0 saturated carbocycles. The molecule has 0 fully saturated rings. The molecule has 0 unspecified atom stereocenters. The molecule has 3 aromatic carbocycles. The lowest BCUT2D eigenvalue weighted by atomic mass is 10.1. The molecular formula is C25H19BrClIN2O3. The van der Waals surface area contributed by atoms with Gasteiger partial charge >= 0.3 is 0 Å². The quantitative estimate of drug-likeness (QED) is 0.170. The van der Waals surface area contributed by atoms with E-state index >= 15 is 0 Å². The van der Waals surface area contributed by atoms with Gasteiger partial charge in [0.1, 0.15) is 18.2 Å². The summed E-state index contributed by atoms with van der Waals surface area (Å²) in [5, 5.41) is 12.8. The number of carbonyl (C=O) groups is 1. The number of nitrogens with zero attached hydrogens (tertiary/aromatic N) is 1. The fourth-order valence-corrected chi connectivity index (χ4v) is 3.87. The molecule has 33 heavy (non-hydrogen) atoms. The van der Waals surface area contributed by atoms with E-state index in [1.165, 1.54) is 13.2 Å². The molecule has 0 saturated heterocycles. The van der Waals surface area contributed by atoms with Gasteiger partial charge in [0, 0.05) is 18.8 Å². The molecule has 0 heterocycles. The maximum absolute atomic E-state index is 12.7. The highest BCUT2D eigenvalue weighted by Crippen LogP contribution is 2.35. The topological polar surface area (TPSA) is 71.3 Å². The second-order valence-electron chi connectivity index (χ2n) is 7.02. The first-order chi connectivity index (χ1) is 15.8. The third-order valence-electron chi connectivity index (χ3n) is 4.70. The molecule has 8 heteroatoms. The SMILES string of the molecule is COc1cc(/C=C(\C#N)C(=O)Nc2cc(Cl)ccc2C)c(Br)cc1OCc1ccc(I)cc1. The normalized spacial score (nSPS) is 11.0. The number of methoxy groups -OCH3 is 1. The molecule has 0 atom stereocenters. The maximum atomic E-state index is 12.7. The standard InChI is InChI=1S/C25H19BrClIN2O3/c1-15-3-6-19(27)11-22(15)30-25(31)18(13-29)9-17-10-23(32-2)24(12-21(17)26)33-14-16-4-7-20(28)8-5-16/h3-12H,14H2,1-2H3,(H,30,31)/b18-9+. The fraction of sp³-hybridized carbons (Fsp3) is 0.120. The first-order valence-electron chi connectivity index (χ1n) is 9.74. The molecule has 0 aliphatic carbocycles. The number of carbonyl (C=O) groups excluding carboxylic acids is 1. The number of aryl methyl sites for hydroxylation is 1. The predicted molar refractivity (Wildman–Crippen MR) is 143 cm³/mol. The second-order valence-corrected chi connectivity index (χ2v) is 9.56. The highest BCUT2D eigenvalue weighted by molar-refractivity contribution is 14.1. The number of ether oxygens (including phenoxy) is 2. The lowest BCUT2D eigenvalue weighted by Gasteiger charge is -2.13. The van der Waals surface area contributed by atoms with Crippen molar-refractivity contribution in [2.45, 2.75) is 13.5 Å². The number of nitriles is 1. The van der Waals surface area contributed by atoms with Gasteiger partial charge in [-0.2, -0.15) is 5.26 Å². The maximum Gasteiger partial charge on any atom is 0.266 e. The molecule has 0 radical (unpaired) electrons. The predicted octanol–water partition coefficient (Wildman–Crippen LogP) is 7.15. The van der Waals surface area contributed by atoms with Crippen molar-refractivity contribution in [2.24, 2.45) is 0 Å². The molecule has 3 rings (SSSR count).